The molecule has 3 nitrogen and oxygen atoms in total. The predicted octanol–water partition coefficient (Wildman–Crippen LogP) is 2.31. The molecule has 1 saturated heterocycles. The Balaban J connectivity index is 2.03. The molecule has 0 spiro atoms. The van der Waals surface area contributed by atoms with Crippen LogP contribution in [0.5, 0.6) is 0 Å². The molecule has 0 amide bonds. The minimum atomic E-state index is -0.978. The minimum Gasteiger partial charge on any atom is -0.385 e. The maximum absolute atomic E-state index is 13.0. The molecule has 1 heterocycles. The van der Waals surface area contributed by atoms with Crippen LogP contribution in [0, 0.1) is 5.82 Å². The molecule has 1 aromatic carbocycles. The van der Waals surface area contributed by atoms with Crippen LogP contribution in [0.4, 0.5) is 4.39 Å². The van der Waals surface area contributed by atoms with Gasteiger partial charge in [-0.2, -0.15) is 0 Å². The fourth-order valence-electron chi connectivity index (χ4n) is 2.53. The van der Waals surface area contributed by atoms with Gasteiger partial charge in [0.15, 0.2) is 0 Å². The Kier molecular flexibility index (Phi) is 5.29. The van der Waals surface area contributed by atoms with Crippen LogP contribution < -0.4 is 0 Å². The lowest BCUT2D eigenvalue weighted by atomic mass is 9.87. The zero-order chi connectivity index (χ0) is 14.4. The van der Waals surface area contributed by atoms with Gasteiger partial charge in [-0.3, -0.25) is 4.90 Å². The predicted molar refractivity (Wildman–Crippen MR) is 77.0 cm³/mol. The Bertz CT molecular complexity index is 429. The number of nitrogens with zero attached hydrogens (tertiary/aromatic N) is 1. The number of ether oxygens (including phenoxy) is 1. The summed E-state index contributed by atoms with van der Waals surface area (Å²) >= 11 is 0. The van der Waals surface area contributed by atoms with Gasteiger partial charge in [0.05, 0.1) is 18.8 Å². The first kappa shape index (κ1) is 15.2. The van der Waals surface area contributed by atoms with Crippen molar-refractivity contribution in [2.75, 3.05) is 32.8 Å². The van der Waals surface area contributed by atoms with Crippen LogP contribution in [-0.4, -0.2) is 42.9 Å². The van der Waals surface area contributed by atoms with E-state index in [1.54, 1.807) is 18.2 Å². The van der Waals surface area contributed by atoms with Crippen molar-refractivity contribution in [2.24, 2.45) is 0 Å². The van der Waals surface area contributed by atoms with Crippen LogP contribution in [-0.2, 0) is 10.3 Å². The number of halogens is 1. The first-order chi connectivity index (χ1) is 9.64. The van der Waals surface area contributed by atoms with Gasteiger partial charge in [-0.05, 0) is 30.5 Å². The van der Waals surface area contributed by atoms with Gasteiger partial charge in [0.1, 0.15) is 5.82 Å². The SMILES string of the molecule is C=CC[C@@](O)(CCN1CCOCC1)c1ccc(F)cc1. The smallest absolute Gasteiger partial charge is 0.123 e. The largest absolute Gasteiger partial charge is 0.385 e. The molecule has 1 aromatic rings. The van der Waals surface area contributed by atoms with Crippen LogP contribution >= 0.6 is 0 Å². The minimum absolute atomic E-state index is 0.289. The summed E-state index contributed by atoms with van der Waals surface area (Å²) in [6.07, 6.45) is 2.77. The first-order valence-electron chi connectivity index (χ1n) is 7.03. The van der Waals surface area contributed by atoms with Crippen molar-refractivity contribution in [3.05, 3.63) is 48.3 Å². The van der Waals surface area contributed by atoms with Gasteiger partial charge in [-0.1, -0.05) is 18.2 Å². The molecule has 1 aliphatic rings. The van der Waals surface area contributed by atoms with E-state index in [-0.39, 0.29) is 5.82 Å². The third-order valence-electron chi connectivity index (χ3n) is 3.81. The highest BCUT2D eigenvalue weighted by atomic mass is 19.1. The van der Waals surface area contributed by atoms with Gasteiger partial charge in [0.25, 0.3) is 0 Å². The van der Waals surface area contributed by atoms with Crippen molar-refractivity contribution < 1.29 is 14.2 Å². The summed E-state index contributed by atoms with van der Waals surface area (Å²) in [5, 5.41) is 10.9. The Morgan fingerprint density at radius 3 is 2.55 bits per heavy atom. The molecule has 20 heavy (non-hydrogen) atoms. The third-order valence-corrected chi connectivity index (χ3v) is 3.81. The second-order valence-electron chi connectivity index (χ2n) is 5.24. The molecule has 1 fully saturated rings. The first-order valence-corrected chi connectivity index (χ1v) is 7.03. The van der Waals surface area contributed by atoms with E-state index in [2.05, 4.69) is 11.5 Å². The molecule has 4 heteroatoms. The van der Waals surface area contributed by atoms with Crippen molar-refractivity contribution in [1.82, 2.24) is 4.90 Å². The van der Waals surface area contributed by atoms with Gasteiger partial charge < -0.3 is 9.84 Å². The molecule has 0 unspecified atom stereocenters. The normalized spacial score (nSPS) is 19.5. The zero-order valence-electron chi connectivity index (χ0n) is 11.7. The molecule has 1 N–H and O–H groups in total. The lowest BCUT2D eigenvalue weighted by Gasteiger charge is -2.32. The van der Waals surface area contributed by atoms with E-state index in [1.165, 1.54) is 12.1 Å². The molecule has 0 aliphatic carbocycles. The van der Waals surface area contributed by atoms with Crippen molar-refractivity contribution in [3.63, 3.8) is 0 Å². The van der Waals surface area contributed by atoms with Crippen molar-refractivity contribution in [2.45, 2.75) is 18.4 Å². The lowest BCUT2D eigenvalue weighted by Crippen LogP contribution is -2.39. The van der Waals surface area contributed by atoms with E-state index >= 15 is 0 Å². The summed E-state index contributed by atoms with van der Waals surface area (Å²) in [5.74, 6) is -0.289. The second-order valence-corrected chi connectivity index (χ2v) is 5.24. The van der Waals surface area contributed by atoms with Crippen LogP contribution in [0.15, 0.2) is 36.9 Å². The highest BCUT2D eigenvalue weighted by Crippen LogP contribution is 2.29. The topological polar surface area (TPSA) is 32.7 Å². The quantitative estimate of drug-likeness (QED) is 0.811. The van der Waals surface area contributed by atoms with Crippen LogP contribution in [0.25, 0.3) is 0 Å². The molecule has 0 aromatic heterocycles. The Morgan fingerprint density at radius 1 is 1.30 bits per heavy atom. The Labute approximate surface area is 119 Å². The number of morpholine rings is 1. The highest BCUT2D eigenvalue weighted by molar-refractivity contribution is 5.24. The number of aliphatic hydroxyl groups is 1. The maximum atomic E-state index is 13.0. The summed E-state index contributed by atoms with van der Waals surface area (Å²) in [6.45, 7) is 7.80. The Hall–Kier alpha value is -1.23. The molecule has 1 aliphatic heterocycles. The monoisotopic (exact) mass is 279 g/mol. The Morgan fingerprint density at radius 2 is 1.95 bits per heavy atom. The van der Waals surface area contributed by atoms with Gasteiger partial charge in [-0.15, -0.1) is 6.58 Å². The molecule has 0 bridgehead atoms. The van der Waals surface area contributed by atoms with Gasteiger partial charge in [0.2, 0.25) is 0 Å². The number of rotatable bonds is 6. The molecule has 2 rings (SSSR count). The fourth-order valence-corrected chi connectivity index (χ4v) is 2.53. The zero-order valence-corrected chi connectivity index (χ0v) is 11.7. The summed E-state index contributed by atoms with van der Waals surface area (Å²) in [5.41, 5.74) is -0.236. The fraction of sp³-hybridized carbons (Fsp3) is 0.500. The van der Waals surface area contributed by atoms with Gasteiger partial charge in [0, 0.05) is 19.6 Å². The highest BCUT2D eigenvalue weighted by Gasteiger charge is 2.28. The van der Waals surface area contributed by atoms with Crippen molar-refractivity contribution in [3.8, 4) is 0 Å². The molecule has 110 valence electrons. The van der Waals surface area contributed by atoms with Crippen molar-refractivity contribution >= 4 is 0 Å². The van der Waals surface area contributed by atoms with Crippen LogP contribution in [0.1, 0.15) is 18.4 Å². The summed E-state index contributed by atoms with van der Waals surface area (Å²) in [7, 11) is 0. The van der Waals surface area contributed by atoms with Crippen LogP contribution in [0.2, 0.25) is 0 Å². The lowest BCUT2D eigenvalue weighted by molar-refractivity contribution is -0.00298. The van der Waals surface area contributed by atoms with Gasteiger partial charge >= 0.3 is 0 Å². The van der Waals surface area contributed by atoms with E-state index in [0.29, 0.717) is 12.8 Å². The van der Waals surface area contributed by atoms with E-state index in [1.807, 2.05) is 0 Å². The molecular formula is C16H22FNO2. The van der Waals surface area contributed by atoms with Crippen molar-refractivity contribution in [1.29, 1.82) is 0 Å². The average Bonchev–Trinajstić information content (AvgIpc) is 2.47. The summed E-state index contributed by atoms with van der Waals surface area (Å²) < 4.78 is 18.3. The number of benzene rings is 1. The molecule has 1 atom stereocenters. The molecule has 0 radical (unpaired) electrons. The van der Waals surface area contributed by atoms with E-state index in [4.69, 9.17) is 4.74 Å². The van der Waals surface area contributed by atoms with Crippen LogP contribution in [0.3, 0.4) is 0 Å². The summed E-state index contributed by atoms with van der Waals surface area (Å²) in [6, 6.07) is 6.08. The molecular weight excluding hydrogens is 257 g/mol. The average molecular weight is 279 g/mol. The summed E-state index contributed by atoms with van der Waals surface area (Å²) in [4.78, 5) is 2.28. The standard InChI is InChI=1S/C16H22FNO2/c1-2-7-16(19,14-3-5-15(17)6-4-14)8-9-18-10-12-20-13-11-18/h2-6,19H,1,7-13H2/t16-/m1/s1. The number of hydrogen-bond acceptors (Lipinski definition) is 3. The second kappa shape index (κ2) is 6.97. The van der Waals surface area contributed by atoms with Gasteiger partial charge in [-0.25, -0.2) is 4.39 Å². The van der Waals surface area contributed by atoms with E-state index in [0.717, 1.165) is 38.4 Å². The maximum Gasteiger partial charge on any atom is 0.123 e. The third kappa shape index (κ3) is 3.88. The van der Waals surface area contributed by atoms with E-state index < -0.39 is 5.60 Å². The van der Waals surface area contributed by atoms with E-state index in [9.17, 15) is 9.50 Å². The number of hydrogen-bond donors (Lipinski definition) is 1. The molecule has 0 saturated carbocycles.